The lowest BCUT2D eigenvalue weighted by molar-refractivity contribution is -0.00521. The highest BCUT2D eigenvalue weighted by Crippen LogP contribution is 2.30. The molecule has 2 atom stereocenters. The maximum absolute atomic E-state index is 6.52. The number of nitrogens with zero attached hydrogens (tertiary/aromatic N) is 1. The topological polar surface area (TPSA) is 50.5 Å². The van der Waals surface area contributed by atoms with Gasteiger partial charge in [0, 0.05) is 31.4 Å². The van der Waals surface area contributed by atoms with Gasteiger partial charge in [0.25, 0.3) is 0 Å². The Hall–Kier alpha value is -0.970. The maximum Gasteiger partial charge on any atom is 0.0726 e. The highest BCUT2D eigenvalue weighted by molar-refractivity contribution is 6.33. The van der Waals surface area contributed by atoms with Crippen LogP contribution in [0.2, 0.25) is 5.02 Å². The van der Waals surface area contributed by atoms with Crippen molar-refractivity contribution < 1.29 is 4.74 Å². The van der Waals surface area contributed by atoms with Gasteiger partial charge in [-0.25, -0.2) is 0 Å². The second kappa shape index (κ2) is 7.94. The largest absolute Gasteiger partial charge is 0.384 e. The molecule has 1 saturated carbocycles. The molecule has 0 unspecified atom stereocenters. The average Bonchev–Trinajstić information content (AvgIpc) is 2.54. The summed E-state index contributed by atoms with van der Waals surface area (Å²) in [4.78, 5) is 2.36. The van der Waals surface area contributed by atoms with Crippen molar-refractivity contribution in [1.29, 1.82) is 0 Å². The molecule has 1 aliphatic carbocycles. The van der Waals surface area contributed by atoms with E-state index in [4.69, 9.17) is 22.1 Å². The number of hydrogen-bond donors (Lipinski definition) is 2. The van der Waals surface area contributed by atoms with Gasteiger partial charge in [0.2, 0.25) is 0 Å². The fourth-order valence-electron chi connectivity index (χ4n) is 3.88. The summed E-state index contributed by atoms with van der Waals surface area (Å²) < 4.78 is 5.81. The smallest absolute Gasteiger partial charge is 0.0726 e. The molecule has 1 aromatic carbocycles. The fourth-order valence-corrected chi connectivity index (χ4v) is 4.12. The molecule has 1 aromatic rings. The van der Waals surface area contributed by atoms with Crippen molar-refractivity contribution in [2.45, 2.75) is 57.8 Å². The Morgan fingerprint density at radius 3 is 2.46 bits per heavy atom. The molecule has 0 bridgehead atoms. The Morgan fingerprint density at radius 2 is 1.83 bits per heavy atom. The predicted octanol–water partition coefficient (Wildman–Crippen LogP) is 3.88. The zero-order valence-corrected chi connectivity index (χ0v) is 15.6. The molecular weight excluding hydrogens is 322 g/mol. The molecule has 0 spiro atoms. The predicted molar refractivity (Wildman–Crippen MR) is 102 cm³/mol. The summed E-state index contributed by atoms with van der Waals surface area (Å²) in [6, 6.07) is 6.75. The van der Waals surface area contributed by atoms with Crippen molar-refractivity contribution in [3.63, 3.8) is 0 Å². The summed E-state index contributed by atoms with van der Waals surface area (Å²) in [5.41, 5.74) is 8.19. The van der Waals surface area contributed by atoms with Crippen LogP contribution in [-0.2, 0) is 4.74 Å². The van der Waals surface area contributed by atoms with Crippen molar-refractivity contribution in [1.82, 2.24) is 0 Å². The van der Waals surface area contributed by atoms with Crippen LogP contribution in [0.1, 0.15) is 39.5 Å². The Labute approximate surface area is 150 Å². The van der Waals surface area contributed by atoms with Gasteiger partial charge in [-0.3, -0.25) is 0 Å². The molecule has 1 aliphatic heterocycles. The molecule has 0 radical (unpaired) electrons. The molecule has 2 aliphatic rings. The first-order valence-electron chi connectivity index (χ1n) is 9.20. The van der Waals surface area contributed by atoms with E-state index < -0.39 is 0 Å². The van der Waals surface area contributed by atoms with Crippen LogP contribution in [0.5, 0.6) is 0 Å². The van der Waals surface area contributed by atoms with Crippen LogP contribution < -0.4 is 16.0 Å². The zero-order chi connectivity index (χ0) is 17.1. The number of anilines is 2. The van der Waals surface area contributed by atoms with Crippen LogP contribution in [0.3, 0.4) is 0 Å². The van der Waals surface area contributed by atoms with Crippen LogP contribution in [0.4, 0.5) is 11.4 Å². The van der Waals surface area contributed by atoms with Crippen LogP contribution in [0.25, 0.3) is 0 Å². The first-order chi connectivity index (χ1) is 11.5. The number of nitrogens with two attached hydrogens (primary N) is 1. The third-order valence-corrected chi connectivity index (χ3v) is 5.52. The number of ether oxygens (including phenoxy) is 1. The van der Waals surface area contributed by atoms with Gasteiger partial charge in [-0.2, -0.15) is 0 Å². The van der Waals surface area contributed by atoms with Crippen LogP contribution in [0, 0.1) is 5.92 Å². The molecule has 3 rings (SSSR count). The minimum absolute atomic E-state index is 0.253. The molecule has 134 valence electrons. The number of nitrogens with one attached hydrogen (secondary N) is 1. The molecule has 0 aromatic heterocycles. The number of hydrogen-bond acceptors (Lipinski definition) is 4. The quantitative estimate of drug-likeness (QED) is 0.864. The molecule has 0 amide bonds. The molecule has 1 heterocycles. The Kier molecular flexibility index (Phi) is 5.90. The molecule has 24 heavy (non-hydrogen) atoms. The summed E-state index contributed by atoms with van der Waals surface area (Å²) in [6.07, 6.45) is 5.23. The second-order valence-electron chi connectivity index (χ2n) is 7.49. The summed E-state index contributed by atoms with van der Waals surface area (Å²) >= 11 is 6.52. The van der Waals surface area contributed by atoms with Crippen molar-refractivity contribution in [2.24, 2.45) is 11.7 Å². The molecule has 5 heteroatoms. The van der Waals surface area contributed by atoms with Crippen LogP contribution >= 0.6 is 11.6 Å². The number of benzene rings is 1. The van der Waals surface area contributed by atoms with E-state index in [1.807, 2.05) is 0 Å². The van der Waals surface area contributed by atoms with Crippen molar-refractivity contribution in [2.75, 3.05) is 29.9 Å². The first kappa shape index (κ1) is 17.8. The molecule has 2 fully saturated rings. The van der Waals surface area contributed by atoms with Gasteiger partial charge >= 0.3 is 0 Å². The third-order valence-electron chi connectivity index (χ3n) is 5.21. The van der Waals surface area contributed by atoms with Gasteiger partial charge in [0.1, 0.15) is 0 Å². The van der Waals surface area contributed by atoms with Crippen molar-refractivity contribution in [3.05, 3.63) is 23.2 Å². The maximum atomic E-state index is 6.52. The first-order valence-corrected chi connectivity index (χ1v) is 9.58. The fraction of sp³-hybridized carbons (Fsp3) is 0.684. The molecule has 1 saturated heterocycles. The van der Waals surface area contributed by atoms with Crippen molar-refractivity contribution in [3.8, 4) is 0 Å². The Morgan fingerprint density at radius 1 is 1.17 bits per heavy atom. The zero-order valence-electron chi connectivity index (χ0n) is 14.8. The summed E-state index contributed by atoms with van der Waals surface area (Å²) in [5, 5.41) is 4.33. The Bertz CT molecular complexity index is 535. The van der Waals surface area contributed by atoms with E-state index in [1.165, 1.54) is 18.5 Å². The lowest BCUT2D eigenvalue weighted by atomic mass is 9.86. The van der Waals surface area contributed by atoms with Gasteiger partial charge in [0.15, 0.2) is 0 Å². The van der Waals surface area contributed by atoms with E-state index in [-0.39, 0.29) is 12.2 Å². The van der Waals surface area contributed by atoms with E-state index in [9.17, 15) is 0 Å². The second-order valence-corrected chi connectivity index (χ2v) is 7.90. The Balaban J connectivity index is 1.58. The van der Waals surface area contributed by atoms with Crippen LogP contribution in [-0.4, -0.2) is 37.9 Å². The van der Waals surface area contributed by atoms with Crippen LogP contribution in [0.15, 0.2) is 18.2 Å². The minimum atomic E-state index is 0.253. The highest BCUT2D eigenvalue weighted by Gasteiger charge is 2.23. The lowest BCUT2D eigenvalue weighted by Crippen LogP contribution is -2.45. The van der Waals surface area contributed by atoms with Gasteiger partial charge in [0.05, 0.1) is 22.9 Å². The molecule has 3 N–H and O–H groups in total. The SMILES string of the molecule is C[C@@H]1CN(c2ccc(NCC3CCC(N)CC3)c(Cl)c2)C[C@@H](C)O1. The standard InChI is InChI=1S/C19H30ClN3O/c1-13-11-23(12-14(2)24-13)17-7-8-19(18(20)9-17)22-10-15-3-5-16(21)6-4-15/h7-9,13-16,22H,3-6,10-12,21H2,1-2H3/t13-,14-,15?,16?/m1/s1. The summed E-state index contributed by atoms with van der Waals surface area (Å²) in [6.45, 7) is 7.05. The number of morpholine rings is 1. The number of rotatable bonds is 4. The van der Waals surface area contributed by atoms with Crippen molar-refractivity contribution >= 4 is 23.0 Å². The van der Waals surface area contributed by atoms with Gasteiger partial charge in [-0.05, 0) is 63.6 Å². The van der Waals surface area contributed by atoms with E-state index in [0.717, 1.165) is 43.2 Å². The van der Waals surface area contributed by atoms with E-state index in [2.05, 4.69) is 42.3 Å². The normalized spacial score (nSPS) is 31.1. The summed E-state index contributed by atoms with van der Waals surface area (Å²) in [7, 11) is 0. The molecule has 4 nitrogen and oxygen atoms in total. The molecular formula is C19H30ClN3O. The van der Waals surface area contributed by atoms with Gasteiger partial charge in [-0.15, -0.1) is 0 Å². The average molecular weight is 352 g/mol. The van der Waals surface area contributed by atoms with Gasteiger partial charge in [-0.1, -0.05) is 11.6 Å². The van der Waals surface area contributed by atoms with Gasteiger partial charge < -0.3 is 20.7 Å². The van der Waals surface area contributed by atoms with E-state index in [1.54, 1.807) is 0 Å². The van der Waals surface area contributed by atoms with E-state index >= 15 is 0 Å². The highest BCUT2D eigenvalue weighted by atomic mass is 35.5. The number of halogens is 1. The third kappa shape index (κ3) is 4.56. The monoisotopic (exact) mass is 351 g/mol. The van der Waals surface area contributed by atoms with E-state index in [0.29, 0.717) is 12.0 Å². The minimum Gasteiger partial charge on any atom is -0.384 e. The summed E-state index contributed by atoms with van der Waals surface area (Å²) in [5.74, 6) is 0.710. The lowest BCUT2D eigenvalue weighted by Gasteiger charge is -2.37.